The smallest absolute Gasteiger partial charge is 0.167 e. The van der Waals surface area contributed by atoms with E-state index in [2.05, 4.69) is 28.1 Å². The molecule has 0 atom stereocenters. The van der Waals surface area contributed by atoms with Gasteiger partial charge in [0.2, 0.25) is 0 Å². The van der Waals surface area contributed by atoms with Crippen LogP contribution in [0.5, 0.6) is 5.75 Å². The molecule has 0 N–H and O–H groups in total. The molecule has 3 rings (SSSR count). The zero-order valence-corrected chi connectivity index (χ0v) is 13.5. The van der Waals surface area contributed by atoms with E-state index < -0.39 is 0 Å². The Kier molecular flexibility index (Phi) is 4.11. The minimum absolute atomic E-state index is 0.0524. The standard InChI is InChI=1S/C18H17BrO2/c1-2-21-15-7-8-16(17(19)11-15)18(20)14-9-12-5-3-4-6-13(12)10-14/h3-8,11,14H,2,9-10H2,1H3. The summed E-state index contributed by atoms with van der Waals surface area (Å²) in [4.78, 5) is 12.7. The first kappa shape index (κ1) is 14.3. The number of halogens is 1. The van der Waals surface area contributed by atoms with E-state index in [1.54, 1.807) is 0 Å². The van der Waals surface area contributed by atoms with Crippen LogP contribution >= 0.6 is 15.9 Å². The summed E-state index contributed by atoms with van der Waals surface area (Å²) in [6.07, 6.45) is 1.68. The molecular weight excluding hydrogens is 328 g/mol. The van der Waals surface area contributed by atoms with E-state index in [-0.39, 0.29) is 11.7 Å². The lowest BCUT2D eigenvalue weighted by Gasteiger charge is -2.11. The number of hydrogen-bond donors (Lipinski definition) is 0. The molecule has 0 unspecified atom stereocenters. The largest absolute Gasteiger partial charge is 0.494 e. The Morgan fingerprint density at radius 2 is 1.86 bits per heavy atom. The highest BCUT2D eigenvalue weighted by Gasteiger charge is 2.28. The minimum atomic E-state index is 0.0524. The van der Waals surface area contributed by atoms with E-state index in [1.807, 2.05) is 37.3 Å². The maximum Gasteiger partial charge on any atom is 0.167 e. The third-order valence-corrected chi connectivity index (χ3v) is 4.59. The first-order chi connectivity index (χ1) is 10.2. The van der Waals surface area contributed by atoms with Gasteiger partial charge < -0.3 is 4.74 Å². The zero-order valence-electron chi connectivity index (χ0n) is 11.9. The molecule has 0 radical (unpaired) electrons. The average Bonchev–Trinajstić information content (AvgIpc) is 2.91. The van der Waals surface area contributed by atoms with Crippen LogP contribution in [0.4, 0.5) is 0 Å². The van der Waals surface area contributed by atoms with Crippen molar-refractivity contribution in [2.24, 2.45) is 5.92 Å². The average molecular weight is 345 g/mol. The molecule has 0 amide bonds. The predicted octanol–water partition coefficient (Wildman–Crippen LogP) is 4.45. The van der Waals surface area contributed by atoms with Crippen LogP contribution in [0, 0.1) is 5.92 Å². The van der Waals surface area contributed by atoms with E-state index in [0.29, 0.717) is 6.61 Å². The Morgan fingerprint density at radius 1 is 1.19 bits per heavy atom. The van der Waals surface area contributed by atoms with Gasteiger partial charge in [0.1, 0.15) is 5.75 Å². The number of benzene rings is 2. The number of Topliss-reactive ketones (excluding diaryl/α,β-unsaturated/α-hetero) is 1. The van der Waals surface area contributed by atoms with Crippen LogP contribution in [-0.2, 0) is 12.8 Å². The normalized spacial score (nSPS) is 14.0. The fourth-order valence-corrected chi connectivity index (χ4v) is 3.47. The van der Waals surface area contributed by atoms with Crippen LogP contribution in [-0.4, -0.2) is 12.4 Å². The van der Waals surface area contributed by atoms with Gasteiger partial charge in [-0.05, 0) is 65.0 Å². The number of fused-ring (bicyclic) bond motifs is 1. The number of rotatable bonds is 4. The molecule has 0 aromatic heterocycles. The van der Waals surface area contributed by atoms with Gasteiger partial charge in [-0.15, -0.1) is 0 Å². The van der Waals surface area contributed by atoms with Crippen LogP contribution in [0.1, 0.15) is 28.4 Å². The molecule has 0 heterocycles. The van der Waals surface area contributed by atoms with Crippen LogP contribution in [0.25, 0.3) is 0 Å². The third-order valence-electron chi connectivity index (χ3n) is 3.94. The molecule has 1 aliphatic rings. The monoisotopic (exact) mass is 344 g/mol. The zero-order chi connectivity index (χ0) is 14.8. The summed E-state index contributed by atoms with van der Waals surface area (Å²) in [6, 6.07) is 13.9. The quantitative estimate of drug-likeness (QED) is 0.766. The van der Waals surface area contributed by atoms with Crippen molar-refractivity contribution in [2.75, 3.05) is 6.61 Å². The van der Waals surface area contributed by atoms with E-state index in [9.17, 15) is 4.79 Å². The van der Waals surface area contributed by atoms with Crippen molar-refractivity contribution in [2.45, 2.75) is 19.8 Å². The van der Waals surface area contributed by atoms with Crippen LogP contribution in [0.15, 0.2) is 46.9 Å². The van der Waals surface area contributed by atoms with Gasteiger partial charge >= 0.3 is 0 Å². The summed E-state index contributed by atoms with van der Waals surface area (Å²) in [5.41, 5.74) is 3.35. The van der Waals surface area contributed by atoms with Gasteiger partial charge in [0, 0.05) is 16.0 Å². The topological polar surface area (TPSA) is 26.3 Å². The molecule has 108 valence electrons. The molecule has 2 aromatic carbocycles. The summed E-state index contributed by atoms with van der Waals surface area (Å²) >= 11 is 3.50. The van der Waals surface area contributed by atoms with Crippen molar-refractivity contribution in [3.63, 3.8) is 0 Å². The first-order valence-corrected chi connectivity index (χ1v) is 8.01. The Balaban J connectivity index is 1.81. The first-order valence-electron chi connectivity index (χ1n) is 7.22. The van der Waals surface area contributed by atoms with Gasteiger partial charge in [-0.2, -0.15) is 0 Å². The molecule has 0 saturated heterocycles. The van der Waals surface area contributed by atoms with Crippen LogP contribution in [0.3, 0.4) is 0 Å². The molecule has 1 aliphatic carbocycles. The van der Waals surface area contributed by atoms with Crippen LogP contribution < -0.4 is 4.74 Å². The van der Waals surface area contributed by atoms with Crippen molar-refractivity contribution in [3.8, 4) is 5.75 Å². The number of hydrogen-bond acceptors (Lipinski definition) is 2. The highest BCUT2D eigenvalue weighted by molar-refractivity contribution is 9.10. The van der Waals surface area contributed by atoms with Crippen molar-refractivity contribution in [1.82, 2.24) is 0 Å². The number of ether oxygens (including phenoxy) is 1. The summed E-state index contributed by atoms with van der Waals surface area (Å²) in [5, 5.41) is 0. The summed E-state index contributed by atoms with van der Waals surface area (Å²) in [7, 11) is 0. The van der Waals surface area contributed by atoms with Gasteiger partial charge in [0.15, 0.2) is 5.78 Å². The van der Waals surface area contributed by atoms with Crippen molar-refractivity contribution in [3.05, 3.63) is 63.6 Å². The Hall–Kier alpha value is -1.61. The predicted molar refractivity (Wildman–Crippen MR) is 87.0 cm³/mol. The molecule has 3 heteroatoms. The van der Waals surface area contributed by atoms with Crippen molar-refractivity contribution < 1.29 is 9.53 Å². The van der Waals surface area contributed by atoms with Gasteiger partial charge in [-0.25, -0.2) is 0 Å². The van der Waals surface area contributed by atoms with Gasteiger partial charge in [-0.1, -0.05) is 24.3 Å². The van der Waals surface area contributed by atoms with E-state index in [1.165, 1.54) is 11.1 Å². The highest BCUT2D eigenvalue weighted by atomic mass is 79.9. The maximum atomic E-state index is 12.7. The molecule has 21 heavy (non-hydrogen) atoms. The highest BCUT2D eigenvalue weighted by Crippen LogP contribution is 2.32. The van der Waals surface area contributed by atoms with Gasteiger partial charge in [-0.3, -0.25) is 4.79 Å². The molecule has 0 saturated carbocycles. The van der Waals surface area contributed by atoms with E-state index >= 15 is 0 Å². The second kappa shape index (κ2) is 6.02. The number of ketones is 1. The Labute approximate surface area is 133 Å². The fraction of sp³-hybridized carbons (Fsp3) is 0.278. The number of carbonyl (C=O) groups is 1. The molecular formula is C18H17BrO2. The molecule has 0 bridgehead atoms. The summed E-state index contributed by atoms with van der Waals surface area (Å²) in [6.45, 7) is 2.57. The second-order valence-corrected chi connectivity index (χ2v) is 6.17. The van der Waals surface area contributed by atoms with E-state index in [0.717, 1.165) is 28.6 Å². The lowest BCUT2D eigenvalue weighted by Crippen LogP contribution is -2.15. The Morgan fingerprint density at radius 3 is 2.43 bits per heavy atom. The SMILES string of the molecule is CCOc1ccc(C(=O)C2Cc3ccccc3C2)c(Br)c1. The summed E-state index contributed by atoms with van der Waals surface area (Å²) < 4.78 is 6.27. The Bertz CT molecular complexity index is 654. The number of carbonyl (C=O) groups excluding carboxylic acids is 1. The van der Waals surface area contributed by atoms with Gasteiger partial charge in [0.05, 0.1) is 6.61 Å². The summed E-state index contributed by atoms with van der Waals surface area (Å²) in [5.74, 6) is 1.05. The lowest BCUT2D eigenvalue weighted by molar-refractivity contribution is 0.0924. The molecule has 2 nitrogen and oxygen atoms in total. The van der Waals surface area contributed by atoms with Crippen LogP contribution in [0.2, 0.25) is 0 Å². The van der Waals surface area contributed by atoms with Gasteiger partial charge in [0.25, 0.3) is 0 Å². The lowest BCUT2D eigenvalue weighted by atomic mass is 9.95. The molecule has 0 fully saturated rings. The van der Waals surface area contributed by atoms with Crippen molar-refractivity contribution in [1.29, 1.82) is 0 Å². The fourth-order valence-electron chi connectivity index (χ4n) is 2.92. The van der Waals surface area contributed by atoms with E-state index in [4.69, 9.17) is 4.74 Å². The molecule has 0 spiro atoms. The van der Waals surface area contributed by atoms with Crippen molar-refractivity contribution >= 4 is 21.7 Å². The third kappa shape index (κ3) is 2.88. The second-order valence-electron chi connectivity index (χ2n) is 5.31. The maximum absolute atomic E-state index is 12.7. The molecule has 0 aliphatic heterocycles. The minimum Gasteiger partial charge on any atom is -0.494 e. The molecule has 2 aromatic rings.